The van der Waals surface area contributed by atoms with Gasteiger partial charge in [0, 0.05) is 23.5 Å². The van der Waals surface area contributed by atoms with Crippen molar-refractivity contribution in [1.82, 2.24) is 0 Å². The first kappa shape index (κ1) is 12.4. The zero-order valence-corrected chi connectivity index (χ0v) is 12.6. The maximum absolute atomic E-state index is 4.83. The SMILES string of the molecule is C1=CC2C(=C(C3(C4C=CC=C4)CCC3)c3ccccc32)N=C1. The second kappa shape index (κ2) is 4.42. The third kappa shape index (κ3) is 1.46. The largest absolute Gasteiger partial charge is 0.260 e. The molecule has 1 aliphatic heterocycles. The van der Waals surface area contributed by atoms with Gasteiger partial charge in [0.15, 0.2) is 0 Å². The molecule has 1 nitrogen and oxygen atoms in total. The Morgan fingerprint density at radius 1 is 0.955 bits per heavy atom. The number of rotatable bonds is 2. The van der Waals surface area contributed by atoms with Gasteiger partial charge in [-0.25, -0.2) is 0 Å². The summed E-state index contributed by atoms with van der Waals surface area (Å²) in [6.45, 7) is 0. The molecule has 0 radical (unpaired) electrons. The number of hydrogen-bond acceptors (Lipinski definition) is 1. The van der Waals surface area contributed by atoms with Crippen molar-refractivity contribution in [2.75, 3.05) is 0 Å². The summed E-state index contributed by atoms with van der Waals surface area (Å²) in [4.78, 5) is 4.83. The molecular formula is C21H19N. The minimum atomic E-state index is 0.270. The summed E-state index contributed by atoms with van der Waals surface area (Å²) in [7, 11) is 0. The van der Waals surface area contributed by atoms with E-state index in [-0.39, 0.29) is 5.41 Å². The fourth-order valence-electron chi connectivity index (χ4n) is 4.69. The van der Waals surface area contributed by atoms with Crippen LogP contribution in [0, 0.1) is 11.3 Å². The first-order valence-electron chi connectivity index (χ1n) is 8.30. The lowest BCUT2D eigenvalue weighted by atomic mass is 9.56. The molecule has 0 bridgehead atoms. The molecule has 1 saturated carbocycles. The molecule has 3 aliphatic carbocycles. The van der Waals surface area contributed by atoms with E-state index < -0.39 is 0 Å². The first-order valence-corrected chi connectivity index (χ1v) is 8.30. The molecule has 4 aliphatic rings. The summed E-state index contributed by atoms with van der Waals surface area (Å²) in [5.41, 5.74) is 5.99. The molecule has 5 rings (SSSR count). The molecule has 0 N–H and O–H groups in total. The summed E-state index contributed by atoms with van der Waals surface area (Å²) < 4.78 is 0. The van der Waals surface area contributed by atoms with E-state index in [2.05, 4.69) is 60.7 Å². The molecule has 22 heavy (non-hydrogen) atoms. The van der Waals surface area contributed by atoms with Gasteiger partial charge in [-0.3, -0.25) is 4.99 Å². The third-order valence-electron chi connectivity index (χ3n) is 5.85. The third-order valence-corrected chi connectivity index (χ3v) is 5.85. The monoisotopic (exact) mass is 285 g/mol. The predicted molar refractivity (Wildman–Crippen MR) is 91.8 cm³/mol. The summed E-state index contributed by atoms with van der Waals surface area (Å²) >= 11 is 0. The van der Waals surface area contributed by atoms with E-state index in [0.717, 1.165) is 0 Å². The maximum Gasteiger partial charge on any atom is 0.0560 e. The molecule has 1 aromatic carbocycles. The van der Waals surface area contributed by atoms with Gasteiger partial charge in [0.1, 0.15) is 0 Å². The van der Waals surface area contributed by atoms with Gasteiger partial charge in [-0.2, -0.15) is 0 Å². The molecular weight excluding hydrogens is 266 g/mol. The van der Waals surface area contributed by atoms with Crippen molar-refractivity contribution in [3.63, 3.8) is 0 Å². The van der Waals surface area contributed by atoms with Crippen molar-refractivity contribution >= 4 is 11.8 Å². The average Bonchev–Trinajstić information content (AvgIpc) is 3.15. The van der Waals surface area contributed by atoms with Gasteiger partial charge in [0.25, 0.3) is 0 Å². The maximum atomic E-state index is 4.83. The van der Waals surface area contributed by atoms with Crippen LogP contribution in [-0.2, 0) is 0 Å². The Labute approximate surface area is 131 Å². The van der Waals surface area contributed by atoms with Gasteiger partial charge in [0.2, 0.25) is 0 Å². The van der Waals surface area contributed by atoms with Crippen molar-refractivity contribution < 1.29 is 0 Å². The Morgan fingerprint density at radius 3 is 2.55 bits per heavy atom. The number of benzene rings is 1. The van der Waals surface area contributed by atoms with Crippen LogP contribution in [0.5, 0.6) is 0 Å². The molecule has 0 spiro atoms. The van der Waals surface area contributed by atoms with Crippen LogP contribution in [0.1, 0.15) is 36.3 Å². The van der Waals surface area contributed by atoms with Crippen LogP contribution >= 0.6 is 0 Å². The lowest BCUT2D eigenvalue weighted by molar-refractivity contribution is 0.179. The van der Waals surface area contributed by atoms with E-state index in [1.54, 1.807) is 0 Å². The van der Waals surface area contributed by atoms with Crippen LogP contribution in [0.15, 0.2) is 71.4 Å². The zero-order chi connectivity index (χ0) is 14.6. The molecule has 0 amide bonds. The lowest BCUT2D eigenvalue weighted by Gasteiger charge is -2.47. The number of nitrogens with zero attached hydrogens (tertiary/aromatic N) is 1. The smallest absolute Gasteiger partial charge is 0.0560 e. The molecule has 1 heteroatoms. The van der Waals surface area contributed by atoms with E-state index in [0.29, 0.717) is 11.8 Å². The first-order chi connectivity index (χ1) is 10.9. The summed E-state index contributed by atoms with van der Waals surface area (Å²) in [5, 5.41) is 0. The fraction of sp³-hybridized carbons (Fsp3) is 0.286. The minimum Gasteiger partial charge on any atom is -0.260 e. The van der Waals surface area contributed by atoms with Crippen LogP contribution in [0.4, 0.5) is 0 Å². The Balaban J connectivity index is 1.75. The highest BCUT2D eigenvalue weighted by Crippen LogP contribution is 2.63. The zero-order valence-electron chi connectivity index (χ0n) is 12.6. The van der Waals surface area contributed by atoms with Crippen molar-refractivity contribution in [2.24, 2.45) is 16.3 Å². The van der Waals surface area contributed by atoms with Crippen molar-refractivity contribution in [3.8, 4) is 0 Å². The van der Waals surface area contributed by atoms with Gasteiger partial charge in [-0.1, -0.05) is 61.1 Å². The average molecular weight is 285 g/mol. The van der Waals surface area contributed by atoms with Gasteiger partial charge in [-0.15, -0.1) is 0 Å². The molecule has 1 aromatic rings. The topological polar surface area (TPSA) is 12.4 Å². The molecule has 1 fully saturated rings. The van der Waals surface area contributed by atoms with Crippen LogP contribution in [0.25, 0.3) is 5.57 Å². The van der Waals surface area contributed by atoms with Gasteiger partial charge < -0.3 is 0 Å². The Kier molecular flexibility index (Phi) is 2.49. The minimum absolute atomic E-state index is 0.270. The van der Waals surface area contributed by atoms with Gasteiger partial charge in [-0.05, 0) is 35.6 Å². The van der Waals surface area contributed by atoms with Crippen molar-refractivity contribution in [1.29, 1.82) is 0 Å². The highest BCUT2D eigenvalue weighted by atomic mass is 14.8. The van der Waals surface area contributed by atoms with Gasteiger partial charge >= 0.3 is 0 Å². The molecule has 0 saturated heterocycles. The standard InChI is InChI=1S/C21H19N/c1-2-8-15(7-1)21(12-6-13-21)19-17-10-4-3-9-16(17)18-11-5-14-22-20(18)19/h1-5,7-11,14-15,18H,6,12-13H2. The summed E-state index contributed by atoms with van der Waals surface area (Å²) in [6, 6.07) is 8.93. The van der Waals surface area contributed by atoms with Crippen LogP contribution < -0.4 is 0 Å². The molecule has 1 unspecified atom stereocenters. The molecule has 108 valence electrons. The molecule has 0 aromatic heterocycles. The summed E-state index contributed by atoms with van der Waals surface area (Å²) in [6.07, 6.45) is 19.4. The van der Waals surface area contributed by atoms with E-state index in [1.165, 1.54) is 41.7 Å². The normalized spacial score (nSPS) is 27.2. The number of hydrogen-bond donors (Lipinski definition) is 0. The van der Waals surface area contributed by atoms with E-state index in [1.807, 2.05) is 6.21 Å². The summed E-state index contributed by atoms with van der Waals surface area (Å²) in [5.74, 6) is 0.902. The highest BCUT2D eigenvalue weighted by Gasteiger charge is 2.50. The Hall–Kier alpha value is -2.15. The second-order valence-corrected chi connectivity index (χ2v) is 6.79. The van der Waals surface area contributed by atoms with E-state index in [4.69, 9.17) is 4.99 Å². The fourth-order valence-corrected chi connectivity index (χ4v) is 4.69. The highest BCUT2D eigenvalue weighted by molar-refractivity contribution is 5.88. The second-order valence-electron chi connectivity index (χ2n) is 6.79. The Bertz CT molecular complexity index is 772. The Morgan fingerprint density at radius 2 is 1.77 bits per heavy atom. The lowest BCUT2D eigenvalue weighted by Crippen LogP contribution is -2.36. The number of allylic oxidation sites excluding steroid dienone is 7. The van der Waals surface area contributed by atoms with Crippen LogP contribution in [-0.4, -0.2) is 6.21 Å². The van der Waals surface area contributed by atoms with Crippen LogP contribution in [0.2, 0.25) is 0 Å². The number of dihydropyridines is 1. The number of fused-ring (bicyclic) bond motifs is 3. The molecule has 1 heterocycles. The number of aliphatic imine (C=N–C) groups is 1. The van der Waals surface area contributed by atoms with Crippen molar-refractivity contribution in [2.45, 2.75) is 25.2 Å². The quantitative estimate of drug-likeness (QED) is 0.721. The van der Waals surface area contributed by atoms with E-state index in [9.17, 15) is 0 Å². The van der Waals surface area contributed by atoms with Crippen LogP contribution in [0.3, 0.4) is 0 Å². The van der Waals surface area contributed by atoms with E-state index >= 15 is 0 Å². The molecule has 1 atom stereocenters. The predicted octanol–water partition coefficient (Wildman–Crippen LogP) is 5.05. The van der Waals surface area contributed by atoms with Crippen molar-refractivity contribution in [3.05, 3.63) is 77.5 Å². The van der Waals surface area contributed by atoms with Gasteiger partial charge in [0.05, 0.1) is 5.70 Å².